The molecule has 2 heterocycles. The number of hydrogen-bond acceptors (Lipinski definition) is 5. The minimum absolute atomic E-state index is 0.0193. The van der Waals surface area contributed by atoms with Crippen LogP contribution in [0.5, 0.6) is 0 Å². The van der Waals surface area contributed by atoms with Gasteiger partial charge in [0, 0.05) is 24.4 Å². The number of aromatic nitrogens is 2. The normalized spacial score (nSPS) is 10.7. The molecule has 0 fully saturated rings. The summed E-state index contributed by atoms with van der Waals surface area (Å²) in [4.78, 5) is 20.3. The third-order valence-corrected chi connectivity index (χ3v) is 4.37. The minimum atomic E-state index is -0.0193. The lowest BCUT2D eigenvalue weighted by atomic mass is 10.3. The highest BCUT2D eigenvalue weighted by atomic mass is 32.1. The molecular weight excluding hydrogens is 278 g/mol. The fourth-order valence-electron chi connectivity index (χ4n) is 1.71. The van der Waals surface area contributed by atoms with E-state index in [1.165, 1.54) is 11.3 Å². The average molecular weight is 289 g/mol. The first kappa shape index (κ1) is 12.3. The second-order valence-corrected chi connectivity index (χ2v) is 5.97. The van der Waals surface area contributed by atoms with Gasteiger partial charge in [0.25, 0.3) is 0 Å². The van der Waals surface area contributed by atoms with Crippen LogP contribution in [0.3, 0.4) is 0 Å². The minimum Gasteiger partial charge on any atom is -0.302 e. The van der Waals surface area contributed by atoms with E-state index in [1.54, 1.807) is 17.5 Å². The monoisotopic (exact) mass is 289 g/mol. The number of carbonyl (C=O) groups is 1. The molecule has 0 radical (unpaired) electrons. The number of para-hydroxylation sites is 1. The predicted molar refractivity (Wildman–Crippen MR) is 78.7 cm³/mol. The SMILES string of the molecule is O=C(CCc1nc2ccccc2s1)Nc1nccs1. The van der Waals surface area contributed by atoms with Gasteiger partial charge < -0.3 is 5.32 Å². The van der Waals surface area contributed by atoms with Crippen molar-refractivity contribution in [2.45, 2.75) is 12.8 Å². The van der Waals surface area contributed by atoms with Crippen molar-refractivity contribution < 1.29 is 4.79 Å². The summed E-state index contributed by atoms with van der Waals surface area (Å²) < 4.78 is 1.16. The summed E-state index contributed by atoms with van der Waals surface area (Å²) in [6, 6.07) is 8.01. The Balaban J connectivity index is 1.61. The lowest BCUT2D eigenvalue weighted by Gasteiger charge is -1.99. The number of aryl methyl sites for hydroxylation is 1. The molecule has 0 aliphatic carbocycles. The maximum absolute atomic E-state index is 11.7. The van der Waals surface area contributed by atoms with Crippen LogP contribution in [-0.2, 0) is 11.2 Å². The highest BCUT2D eigenvalue weighted by molar-refractivity contribution is 7.18. The van der Waals surface area contributed by atoms with Gasteiger partial charge in [-0.15, -0.1) is 22.7 Å². The first-order valence-corrected chi connectivity index (χ1v) is 7.55. The molecule has 0 aliphatic heterocycles. The van der Waals surface area contributed by atoms with Crippen molar-refractivity contribution in [3.63, 3.8) is 0 Å². The Kier molecular flexibility index (Phi) is 3.52. The Labute approximate surface area is 118 Å². The van der Waals surface area contributed by atoms with Gasteiger partial charge in [-0.2, -0.15) is 0 Å². The molecule has 19 heavy (non-hydrogen) atoms. The molecule has 0 atom stereocenters. The van der Waals surface area contributed by atoms with Gasteiger partial charge >= 0.3 is 0 Å². The van der Waals surface area contributed by atoms with Crippen molar-refractivity contribution in [1.29, 1.82) is 0 Å². The van der Waals surface area contributed by atoms with E-state index in [2.05, 4.69) is 15.3 Å². The molecule has 0 saturated heterocycles. The van der Waals surface area contributed by atoms with Crippen LogP contribution < -0.4 is 5.32 Å². The summed E-state index contributed by atoms with van der Waals surface area (Å²) in [5.74, 6) is -0.0193. The molecule has 3 rings (SSSR count). The summed E-state index contributed by atoms with van der Waals surface area (Å²) in [5.41, 5.74) is 1.00. The van der Waals surface area contributed by atoms with Crippen LogP contribution in [0.1, 0.15) is 11.4 Å². The first-order valence-electron chi connectivity index (χ1n) is 5.85. The Hall–Kier alpha value is -1.79. The number of benzene rings is 1. The summed E-state index contributed by atoms with van der Waals surface area (Å²) in [6.45, 7) is 0. The van der Waals surface area contributed by atoms with Crippen LogP contribution in [0.2, 0.25) is 0 Å². The highest BCUT2D eigenvalue weighted by Gasteiger charge is 2.08. The molecule has 1 aromatic carbocycles. The zero-order valence-corrected chi connectivity index (χ0v) is 11.6. The van der Waals surface area contributed by atoms with Crippen molar-refractivity contribution in [2.75, 3.05) is 5.32 Å². The number of amides is 1. The van der Waals surface area contributed by atoms with Gasteiger partial charge in [-0.05, 0) is 12.1 Å². The number of anilines is 1. The first-order chi connectivity index (χ1) is 9.31. The van der Waals surface area contributed by atoms with Crippen LogP contribution in [0.25, 0.3) is 10.2 Å². The molecular formula is C13H11N3OS2. The number of fused-ring (bicyclic) bond motifs is 1. The van der Waals surface area contributed by atoms with Crippen LogP contribution in [-0.4, -0.2) is 15.9 Å². The summed E-state index contributed by atoms with van der Waals surface area (Å²) >= 11 is 3.06. The van der Waals surface area contributed by atoms with E-state index in [1.807, 2.05) is 29.6 Å². The van der Waals surface area contributed by atoms with Gasteiger partial charge in [-0.25, -0.2) is 9.97 Å². The Morgan fingerprint density at radius 1 is 1.32 bits per heavy atom. The Morgan fingerprint density at radius 3 is 3.00 bits per heavy atom. The molecule has 6 heteroatoms. The van der Waals surface area contributed by atoms with Crippen LogP contribution in [0, 0.1) is 0 Å². The zero-order valence-electron chi connectivity index (χ0n) is 10.00. The van der Waals surface area contributed by atoms with Gasteiger partial charge in [0.15, 0.2) is 5.13 Å². The summed E-state index contributed by atoms with van der Waals surface area (Å²) in [6.07, 6.45) is 2.77. The molecule has 4 nitrogen and oxygen atoms in total. The van der Waals surface area contributed by atoms with E-state index in [4.69, 9.17) is 0 Å². The lowest BCUT2D eigenvalue weighted by molar-refractivity contribution is -0.116. The van der Waals surface area contributed by atoms with Crippen LogP contribution >= 0.6 is 22.7 Å². The third kappa shape index (κ3) is 2.97. The molecule has 1 amide bonds. The second kappa shape index (κ2) is 5.46. The van der Waals surface area contributed by atoms with Crippen LogP contribution in [0.4, 0.5) is 5.13 Å². The Morgan fingerprint density at radius 2 is 2.21 bits per heavy atom. The van der Waals surface area contributed by atoms with Crippen molar-refractivity contribution in [1.82, 2.24) is 9.97 Å². The zero-order chi connectivity index (χ0) is 13.1. The predicted octanol–water partition coefficient (Wildman–Crippen LogP) is 3.32. The maximum atomic E-state index is 11.7. The number of carbonyl (C=O) groups excluding carboxylic acids is 1. The molecule has 3 aromatic rings. The molecule has 0 saturated carbocycles. The summed E-state index contributed by atoms with van der Waals surface area (Å²) in [7, 11) is 0. The van der Waals surface area contributed by atoms with Gasteiger partial charge in [0.1, 0.15) is 0 Å². The molecule has 96 valence electrons. The van der Waals surface area contributed by atoms with Gasteiger partial charge in [0.2, 0.25) is 5.91 Å². The average Bonchev–Trinajstić information content (AvgIpc) is 3.04. The van der Waals surface area contributed by atoms with E-state index in [0.717, 1.165) is 15.2 Å². The number of nitrogens with one attached hydrogen (secondary N) is 1. The van der Waals surface area contributed by atoms with Crippen molar-refractivity contribution in [3.8, 4) is 0 Å². The highest BCUT2D eigenvalue weighted by Crippen LogP contribution is 2.22. The molecule has 0 spiro atoms. The standard InChI is InChI=1S/C13H11N3OS2/c17-11(16-13-14-7-8-18-13)5-6-12-15-9-3-1-2-4-10(9)19-12/h1-4,7-8H,5-6H2,(H,14,16,17). The van der Waals surface area contributed by atoms with Gasteiger partial charge in [0.05, 0.1) is 15.2 Å². The van der Waals surface area contributed by atoms with E-state index in [-0.39, 0.29) is 5.91 Å². The van der Waals surface area contributed by atoms with E-state index >= 15 is 0 Å². The summed E-state index contributed by atoms with van der Waals surface area (Å²) in [5, 5.41) is 6.25. The largest absolute Gasteiger partial charge is 0.302 e. The lowest BCUT2D eigenvalue weighted by Crippen LogP contribution is -2.11. The quantitative estimate of drug-likeness (QED) is 0.801. The number of nitrogens with zero attached hydrogens (tertiary/aromatic N) is 2. The second-order valence-electron chi connectivity index (χ2n) is 3.96. The van der Waals surface area contributed by atoms with E-state index in [9.17, 15) is 4.79 Å². The van der Waals surface area contributed by atoms with Gasteiger partial charge in [-0.1, -0.05) is 12.1 Å². The molecule has 0 aliphatic rings. The number of hydrogen-bond donors (Lipinski definition) is 1. The van der Waals surface area contributed by atoms with E-state index < -0.39 is 0 Å². The van der Waals surface area contributed by atoms with Crippen molar-refractivity contribution in [3.05, 3.63) is 40.8 Å². The molecule has 0 unspecified atom stereocenters. The third-order valence-electron chi connectivity index (χ3n) is 2.58. The topological polar surface area (TPSA) is 54.9 Å². The fraction of sp³-hybridized carbons (Fsp3) is 0.154. The van der Waals surface area contributed by atoms with Gasteiger partial charge in [-0.3, -0.25) is 4.79 Å². The Bertz CT molecular complexity index is 658. The van der Waals surface area contributed by atoms with Crippen molar-refractivity contribution in [2.24, 2.45) is 0 Å². The molecule has 0 bridgehead atoms. The van der Waals surface area contributed by atoms with E-state index in [0.29, 0.717) is 18.0 Å². The molecule has 1 N–H and O–H groups in total. The number of rotatable bonds is 4. The molecule has 2 aromatic heterocycles. The van der Waals surface area contributed by atoms with Crippen molar-refractivity contribution >= 4 is 43.9 Å². The smallest absolute Gasteiger partial charge is 0.226 e. The number of thiazole rings is 2. The van der Waals surface area contributed by atoms with Crippen LogP contribution in [0.15, 0.2) is 35.8 Å². The fourth-order valence-corrected chi connectivity index (χ4v) is 3.23. The maximum Gasteiger partial charge on any atom is 0.226 e.